The van der Waals surface area contributed by atoms with Crippen molar-refractivity contribution >= 4 is 38.2 Å². The Kier molecular flexibility index (Phi) is 4.27. The maximum Gasteiger partial charge on any atom is 0.263 e. The summed E-state index contributed by atoms with van der Waals surface area (Å²) in [5.41, 5.74) is 1.64. The third-order valence-electron chi connectivity index (χ3n) is 2.85. The van der Waals surface area contributed by atoms with Crippen LogP contribution >= 0.6 is 11.3 Å². The number of sulfonamides is 1. The van der Waals surface area contributed by atoms with Crippen molar-refractivity contribution in [2.24, 2.45) is 0 Å². The molecular weight excluding hydrogens is 354 g/mol. The summed E-state index contributed by atoms with van der Waals surface area (Å²) in [7, 11) is -3.90. The van der Waals surface area contributed by atoms with Crippen LogP contribution in [0.4, 0.5) is 10.9 Å². The molecule has 2 heterocycles. The van der Waals surface area contributed by atoms with Crippen LogP contribution in [0, 0.1) is 6.92 Å². The first-order chi connectivity index (χ1) is 11.4. The zero-order valence-corrected chi connectivity index (χ0v) is 13.9. The molecule has 0 radical (unpaired) electrons. The third kappa shape index (κ3) is 3.58. The molecule has 124 valence electrons. The Labute approximate surface area is 140 Å². The predicted octanol–water partition coefficient (Wildman–Crippen LogP) is 1.89. The number of hydrogen-bond donors (Lipinski definition) is 2. The summed E-state index contributed by atoms with van der Waals surface area (Å²) in [5.74, 6) is 0.0511. The van der Waals surface area contributed by atoms with Crippen molar-refractivity contribution in [1.29, 1.82) is 0 Å². The minimum atomic E-state index is -3.90. The summed E-state index contributed by atoms with van der Waals surface area (Å²) in [4.78, 5) is 12.1. The van der Waals surface area contributed by atoms with Gasteiger partial charge in [0, 0.05) is 11.6 Å². The van der Waals surface area contributed by atoms with Gasteiger partial charge < -0.3 is 4.52 Å². The number of benzene rings is 1. The van der Waals surface area contributed by atoms with Crippen LogP contribution in [-0.2, 0) is 10.0 Å². The molecule has 0 aliphatic rings. The lowest BCUT2D eigenvalue weighted by Crippen LogP contribution is -2.16. The van der Waals surface area contributed by atoms with Crippen LogP contribution < -0.4 is 10.0 Å². The molecule has 0 bridgehead atoms. The molecule has 3 aromatic rings. The fourth-order valence-corrected chi connectivity index (χ4v) is 3.28. The van der Waals surface area contributed by atoms with Gasteiger partial charge in [0.15, 0.2) is 5.82 Å². The van der Waals surface area contributed by atoms with E-state index in [-0.39, 0.29) is 16.3 Å². The molecule has 2 N–H and O–H groups in total. The molecule has 0 spiro atoms. The van der Waals surface area contributed by atoms with Gasteiger partial charge in [-0.2, -0.15) is 0 Å². The van der Waals surface area contributed by atoms with Crippen LogP contribution in [-0.4, -0.2) is 29.7 Å². The average molecular weight is 365 g/mol. The number of aromatic nitrogens is 3. The summed E-state index contributed by atoms with van der Waals surface area (Å²) in [6.45, 7) is 1.64. The molecule has 0 fully saturated rings. The Morgan fingerprint density at radius 3 is 2.79 bits per heavy atom. The van der Waals surface area contributed by atoms with Gasteiger partial charge in [-0.05, 0) is 25.1 Å². The maximum absolute atomic E-state index is 12.4. The summed E-state index contributed by atoms with van der Waals surface area (Å²) in [5, 5.41) is 13.7. The highest BCUT2D eigenvalue weighted by Crippen LogP contribution is 2.18. The van der Waals surface area contributed by atoms with E-state index in [0.29, 0.717) is 10.9 Å². The van der Waals surface area contributed by atoms with Crippen LogP contribution in [0.2, 0.25) is 0 Å². The van der Waals surface area contributed by atoms with Gasteiger partial charge in [-0.3, -0.25) is 14.8 Å². The summed E-state index contributed by atoms with van der Waals surface area (Å²) >= 11 is 1.16. The highest BCUT2D eigenvalue weighted by molar-refractivity contribution is 7.92. The molecule has 0 aliphatic heterocycles. The molecule has 0 unspecified atom stereocenters. The largest absolute Gasteiger partial charge is 0.360 e. The van der Waals surface area contributed by atoms with Crippen molar-refractivity contribution in [2.75, 3.05) is 10.0 Å². The van der Waals surface area contributed by atoms with E-state index in [4.69, 9.17) is 4.52 Å². The third-order valence-corrected chi connectivity index (χ3v) is 4.81. The van der Waals surface area contributed by atoms with E-state index in [2.05, 4.69) is 25.4 Å². The highest BCUT2D eigenvalue weighted by Gasteiger charge is 2.18. The molecule has 9 nitrogen and oxygen atoms in total. The van der Waals surface area contributed by atoms with Crippen molar-refractivity contribution < 1.29 is 17.7 Å². The average Bonchev–Trinajstić information content (AvgIpc) is 3.19. The van der Waals surface area contributed by atoms with Gasteiger partial charge in [0.1, 0.15) is 11.3 Å². The van der Waals surface area contributed by atoms with E-state index in [1.165, 1.54) is 35.8 Å². The van der Waals surface area contributed by atoms with Gasteiger partial charge in [0.05, 0.1) is 4.90 Å². The van der Waals surface area contributed by atoms with E-state index < -0.39 is 15.9 Å². The minimum Gasteiger partial charge on any atom is -0.360 e. The number of hydrogen-bond acceptors (Lipinski definition) is 8. The first-order valence-corrected chi connectivity index (χ1v) is 8.94. The van der Waals surface area contributed by atoms with Gasteiger partial charge >= 0.3 is 0 Å². The number of nitrogens with zero attached hydrogens (tertiary/aromatic N) is 3. The van der Waals surface area contributed by atoms with Crippen molar-refractivity contribution in [3.63, 3.8) is 0 Å². The Morgan fingerprint density at radius 2 is 2.12 bits per heavy atom. The number of amides is 1. The Balaban J connectivity index is 1.82. The second kappa shape index (κ2) is 6.37. The summed E-state index contributed by atoms with van der Waals surface area (Å²) < 4.78 is 31.8. The van der Waals surface area contributed by atoms with Crippen LogP contribution in [0.25, 0.3) is 0 Å². The summed E-state index contributed by atoms with van der Waals surface area (Å²) in [6.07, 6.45) is 0. The first kappa shape index (κ1) is 16.1. The van der Waals surface area contributed by atoms with Crippen LogP contribution in [0.15, 0.2) is 45.3 Å². The highest BCUT2D eigenvalue weighted by atomic mass is 32.2. The second-order valence-corrected chi connectivity index (χ2v) is 7.17. The van der Waals surface area contributed by atoms with Crippen LogP contribution in [0.5, 0.6) is 0 Å². The number of carbonyl (C=O) groups excluding carboxylic acids is 1. The molecule has 2 aromatic heterocycles. The normalized spacial score (nSPS) is 11.2. The minimum absolute atomic E-state index is 0.0659. The molecule has 11 heteroatoms. The number of aryl methyl sites for hydroxylation is 1. The fraction of sp³-hybridized carbons (Fsp3) is 0.0769. The van der Waals surface area contributed by atoms with Crippen LogP contribution in [0.1, 0.15) is 16.1 Å². The van der Waals surface area contributed by atoms with Crippen molar-refractivity contribution in [3.8, 4) is 0 Å². The molecule has 3 rings (SSSR count). The topological polar surface area (TPSA) is 127 Å². The Morgan fingerprint density at radius 1 is 1.29 bits per heavy atom. The van der Waals surface area contributed by atoms with Gasteiger partial charge in [0.2, 0.25) is 5.13 Å². The second-order valence-electron chi connectivity index (χ2n) is 4.65. The zero-order chi connectivity index (χ0) is 17.2. The zero-order valence-electron chi connectivity index (χ0n) is 12.3. The molecule has 1 amide bonds. The predicted molar refractivity (Wildman–Crippen MR) is 86.4 cm³/mol. The number of rotatable bonds is 5. The quantitative estimate of drug-likeness (QED) is 0.706. The molecular formula is C13H11N5O4S2. The first-order valence-electron chi connectivity index (χ1n) is 6.58. The van der Waals surface area contributed by atoms with E-state index in [9.17, 15) is 13.2 Å². The van der Waals surface area contributed by atoms with Crippen molar-refractivity contribution in [3.05, 3.63) is 47.2 Å². The van der Waals surface area contributed by atoms with E-state index in [1.807, 2.05) is 0 Å². The molecule has 0 aliphatic carbocycles. The van der Waals surface area contributed by atoms with E-state index in [0.717, 1.165) is 11.3 Å². The van der Waals surface area contributed by atoms with E-state index in [1.54, 1.807) is 6.92 Å². The van der Waals surface area contributed by atoms with Crippen LogP contribution in [0.3, 0.4) is 0 Å². The number of carbonyl (C=O) groups is 1. The molecule has 0 saturated heterocycles. The van der Waals surface area contributed by atoms with Gasteiger partial charge in [0.25, 0.3) is 15.9 Å². The molecule has 24 heavy (non-hydrogen) atoms. The maximum atomic E-state index is 12.4. The Hall–Kier alpha value is -2.79. The van der Waals surface area contributed by atoms with Gasteiger partial charge in [-0.25, -0.2) is 8.42 Å². The smallest absolute Gasteiger partial charge is 0.263 e. The van der Waals surface area contributed by atoms with Crippen molar-refractivity contribution in [1.82, 2.24) is 15.4 Å². The number of anilines is 2. The molecule has 0 saturated carbocycles. The van der Waals surface area contributed by atoms with Crippen molar-refractivity contribution in [2.45, 2.75) is 11.8 Å². The van der Waals surface area contributed by atoms with E-state index >= 15 is 0 Å². The Bertz CT molecular complexity index is 966. The number of nitrogens with one attached hydrogen (secondary N) is 2. The standard InChI is InChI=1S/C13H11N5O4S2/c1-8-5-11(17-22-8)18-24(20,21)10-4-2-3-9(6-10)12(19)15-13-16-14-7-23-13/h2-7H,1H3,(H,17,18)(H,15,16,19). The monoisotopic (exact) mass is 365 g/mol. The van der Waals surface area contributed by atoms with Gasteiger partial charge in [-0.1, -0.05) is 22.6 Å². The lowest BCUT2D eigenvalue weighted by Gasteiger charge is -2.07. The fourth-order valence-electron chi connectivity index (χ4n) is 1.81. The molecule has 0 atom stereocenters. The SMILES string of the molecule is Cc1cc(NS(=O)(=O)c2cccc(C(=O)Nc3nncs3)c2)no1. The molecule has 1 aromatic carbocycles. The van der Waals surface area contributed by atoms with Gasteiger partial charge in [-0.15, -0.1) is 10.2 Å². The summed E-state index contributed by atoms with van der Waals surface area (Å²) in [6, 6.07) is 7.04. The lowest BCUT2D eigenvalue weighted by molar-refractivity contribution is 0.102. The lowest BCUT2D eigenvalue weighted by atomic mass is 10.2.